The molecule has 0 aromatic heterocycles. The average molecular weight is 380 g/mol. The molecule has 0 aliphatic rings. The van der Waals surface area contributed by atoms with Crippen molar-refractivity contribution in [1.29, 1.82) is 0 Å². The summed E-state index contributed by atoms with van der Waals surface area (Å²) < 4.78 is 0. The first-order valence-corrected chi connectivity index (χ1v) is 7.95. The van der Waals surface area contributed by atoms with Crippen LogP contribution in [0.25, 0.3) is 0 Å². The SMILES string of the molecule is CC.O=C(Nc1ccc(Cl)c(Cl)c1)Nc1cc(Cl)ccc1Cl. The van der Waals surface area contributed by atoms with Crippen LogP contribution in [0.15, 0.2) is 36.4 Å². The monoisotopic (exact) mass is 378 g/mol. The Bertz CT molecular complexity index is 662. The molecule has 0 bridgehead atoms. The summed E-state index contributed by atoms with van der Waals surface area (Å²) in [6.45, 7) is 4.00. The number of hydrogen-bond acceptors (Lipinski definition) is 1. The number of amides is 2. The van der Waals surface area contributed by atoms with Crippen LogP contribution in [-0.4, -0.2) is 6.03 Å². The molecule has 0 heterocycles. The van der Waals surface area contributed by atoms with E-state index in [4.69, 9.17) is 46.4 Å². The lowest BCUT2D eigenvalue weighted by atomic mass is 10.3. The van der Waals surface area contributed by atoms with Crippen molar-refractivity contribution >= 4 is 63.8 Å². The second-order valence-electron chi connectivity index (χ2n) is 3.83. The number of anilines is 2. The van der Waals surface area contributed by atoms with E-state index in [-0.39, 0.29) is 0 Å². The Morgan fingerprint density at radius 3 is 2.09 bits per heavy atom. The third-order valence-corrected chi connectivity index (χ3v) is 3.66. The molecule has 0 saturated heterocycles. The van der Waals surface area contributed by atoms with E-state index >= 15 is 0 Å². The largest absolute Gasteiger partial charge is 0.323 e. The first-order chi connectivity index (χ1) is 10.5. The Balaban J connectivity index is 0.00000116. The molecule has 118 valence electrons. The van der Waals surface area contributed by atoms with Gasteiger partial charge in [-0.05, 0) is 36.4 Å². The minimum Gasteiger partial charge on any atom is -0.308 e. The maximum absolute atomic E-state index is 11.8. The fourth-order valence-corrected chi connectivity index (χ4v) is 2.09. The molecule has 0 atom stereocenters. The highest BCUT2D eigenvalue weighted by atomic mass is 35.5. The van der Waals surface area contributed by atoms with E-state index in [0.717, 1.165) is 0 Å². The lowest BCUT2D eigenvalue weighted by Crippen LogP contribution is -2.19. The zero-order chi connectivity index (χ0) is 16.7. The third kappa shape index (κ3) is 5.58. The number of carbonyl (C=O) groups excluding carboxylic acids is 1. The van der Waals surface area contributed by atoms with E-state index in [1.165, 1.54) is 0 Å². The molecule has 0 aliphatic heterocycles. The number of carbonyl (C=O) groups is 1. The van der Waals surface area contributed by atoms with Crippen LogP contribution in [0.2, 0.25) is 20.1 Å². The van der Waals surface area contributed by atoms with Gasteiger partial charge in [0.1, 0.15) is 0 Å². The van der Waals surface area contributed by atoms with Gasteiger partial charge in [0.05, 0.1) is 20.8 Å². The van der Waals surface area contributed by atoms with E-state index in [1.807, 2.05) is 13.8 Å². The molecular weight excluding hydrogens is 366 g/mol. The fourth-order valence-electron chi connectivity index (χ4n) is 1.45. The quantitative estimate of drug-likeness (QED) is 0.580. The van der Waals surface area contributed by atoms with Gasteiger partial charge in [0.15, 0.2) is 0 Å². The smallest absolute Gasteiger partial charge is 0.308 e. The van der Waals surface area contributed by atoms with Crippen LogP contribution < -0.4 is 10.6 Å². The summed E-state index contributed by atoms with van der Waals surface area (Å²) >= 11 is 23.4. The molecule has 2 aromatic rings. The number of rotatable bonds is 2. The van der Waals surface area contributed by atoms with Crippen molar-refractivity contribution in [1.82, 2.24) is 0 Å². The Hall–Kier alpha value is -1.13. The minimum absolute atomic E-state index is 0.352. The van der Waals surface area contributed by atoms with Crippen molar-refractivity contribution in [2.45, 2.75) is 13.8 Å². The van der Waals surface area contributed by atoms with Crippen molar-refractivity contribution in [2.24, 2.45) is 0 Å². The van der Waals surface area contributed by atoms with E-state index in [1.54, 1.807) is 36.4 Å². The topological polar surface area (TPSA) is 41.1 Å². The summed E-state index contributed by atoms with van der Waals surface area (Å²) in [4.78, 5) is 11.8. The molecule has 2 N–H and O–H groups in total. The molecule has 3 nitrogen and oxygen atoms in total. The van der Waals surface area contributed by atoms with Crippen molar-refractivity contribution in [3.05, 3.63) is 56.5 Å². The number of urea groups is 1. The summed E-state index contributed by atoms with van der Waals surface area (Å²) in [6, 6.07) is 9.08. The Morgan fingerprint density at radius 1 is 0.818 bits per heavy atom. The van der Waals surface area contributed by atoms with Crippen molar-refractivity contribution in [3.63, 3.8) is 0 Å². The summed E-state index contributed by atoms with van der Waals surface area (Å²) in [7, 11) is 0. The van der Waals surface area contributed by atoms with E-state index < -0.39 is 6.03 Å². The van der Waals surface area contributed by atoms with E-state index in [9.17, 15) is 4.79 Å². The van der Waals surface area contributed by atoms with Crippen LogP contribution in [0.3, 0.4) is 0 Å². The number of hydrogen-bond donors (Lipinski definition) is 2. The van der Waals surface area contributed by atoms with E-state index in [2.05, 4.69) is 10.6 Å². The molecule has 0 radical (unpaired) electrons. The standard InChI is InChI=1S/C13H8Cl4N2O.C2H6/c14-7-1-3-10(16)12(5-7)19-13(20)18-8-2-4-9(15)11(17)6-8;1-2/h1-6H,(H2,18,19,20);1-2H3. The number of halogens is 4. The highest BCUT2D eigenvalue weighted by molar-refractivity contribution is 6.42. The summed E-state index contributed by atoms with van der Waals surface area (Å²) in [5, 5.41) is 6.83. The zero-order valence-electron chi connectivity index (χ0n) is 11.9. The molecular formula is C15H14Cl4N2O. The summed E-state index contributed by atoms with van der Waals surface area (Å²) in [5.41, 5.74) is 0.923. The van der Waals surface area contributed by atoms with Crippen molar-refractivity contribution in [2.75, 3.05) is 10.6 Å². The molecule has 2 amide bonds. The van der Waals surface area contributed by atoms with Crippen LogP contribution in [0.4, 0.5) is 16.2 Å². The highest BCUT2D eigenvalue weighted by Crippen LogP contribution is 2.27. The highest BCUT2D eigenvalue weighted by Gasteiger charge is 2.07. The minimum atomic E-state index is -0.465. The molecule has 0 spiro atoms. The second kappa shape index (κ2) is 9.11. The molecule has 0 aliphatic carbocycles. The Morgan fingerprint density at radius 2 is 1.45 bits per heavy atom. The van der Waals surface area contributed by atoms with Crippen LogP contribution in [0.1, 0.15) is 13.8 Å². The Labute approximate surface area is 149 Å². The van der Waals surface area contributed by atoms with Gasteiger partial charge in [0, 0.05) is 10.7 Å². The van der Waals surface area contributed by atoms with Crippen molar-refractivity contribution in [3.8, 4) is 0 Å². The Kier molecular flexibility index (Phi) is 7.83. The molecule has 2 aromatic carbocycles. The molecule has 0 unspecified atom stereocenters. The first kappa shape index (κ1) is 18.9. The van der Waals surface area contributed by atoms with Gasteiger partial charge in [0.25, 0.3) is 0 Å². The molecule has 22 heavy (non-hydrogen) atoms. The van der Waals surface area contributed by atoms with Crippen LogP contribution >= 0.6 is 46.4 Å². The first-order valence-electron chi connectivity index (χ1n) is 6.44. The fraction of sp³-hybridized carbons (Fsp3) is 0.133. The normalized spacial score (nSPS) is 9.55. The van der Waals surface area contributed by atoms with E-state index in [0.29, 0.717) is 31.5 Å². The van der Waals surface area contributed by atoms with Gasteiger partial charge in [-0.3, -0.25) is 0 Å². The zero-order valence-corrected chi connectivity index (χ0v) is 14.9. The van der Waals surface area contributed by atoms with Gasteiger partial charge < -0.3 is 10.6 Å². The van der Waals surface area contributed by atoms with Gasteiger partial charge in [0.2, 0.25) is 0 Å². The lowest BCUT2D eigenvalue weighted by molar-refractivity contribution is 0.262. The van der Waals surface area contributed by atoms with Crippen molar-refractivity contribution < 1.29 is 4.79 Å². The third-order valence-electron chi connectivity index (χ3n) is 2.35. The molecule has 7 heteroatoms. The maximum atomic E-state index is 11.8. The molecule has 0 fully saturated rings. The summed E-state index contributed by atoms with van der Waals surface area (Å²) in [5.74, 6) is 0. The van der Waals surface area contributed by atoms with Gasteiger partial charge in [-0.15, -0.1) is 0 Å². The van der Waals surface area contributed by atoms with Crippen LogP contribution in [-0.2, 0) is 0 Å². The lowest BCUT2D eigenvalue weighted by Gasteiger charge is -2.10. The molecule has 0 saturated carbocycles. The average Bonchev–Trinajstić information content (AvgIpc) is 2.49. The van der Waals surface area contributed by atoms with Gasteiger partial charge in [-0.25, -0.2) is 4.79 Å². The van der Waals surface area contributed by atoms with Gasteiger partial charge >= 0.3 is 6.03 Å². The second-order valence-corrected chi connectivity index (χ2v) is 5.49. The van der Waals surface area contributed by atoms with Gasteiger partial charge in [-0.1, -0.05) is 60.3 Å². The molecule has 2 rings (SSSR count). The van der Waals surface area contributed by atoms with Gasteiger partial charge in [-0.2, -0.15) is 0 Å². The number of benzene rings is 2. The predicted molar refractivity (Wildman–Crippen MR) is 96.9 cm³/mol. The predicted octanol–water partition coefficient (Wildman–Crippen LogP) is 6.97. The maximum Gasteiger partial charge on any atom is 0.323 e. The summed E-state index contributed by atoms with van der Waals surface area (Å²) in [6.07, 6.45) is 0. The van der Waals surface area contributed by atoms with Crippen LogP contribution in [0.5, 0.6) is 0 Å². The number of nitrogens with one attached hydrogen (secondary N) is 2. The van der Waals surface area contributed by atoms with Crippen LogP contribution in [0, 0.1) is 0 Å².